The highest BCUT2D eigenvalue weighted by molar-refractivity contribution is 5.14. The second-order valence-electron chi connectivity index (χ2n) is 4.07. The molecule has 1 aromatic heterocycles. The molecule has 0 amide bonds. The molecule has 1 unspecified atom stereocenters. The Morgan fingerprint density at radius 1 is 1.71 bits per heavy atom. The minimum atomic E-state index is -0.0578. The number of nitrogens with one attached hydrogen (secondary N) is 1. The summed E-state index contributed by atoms with van der Waals surface area (Å²) in [6.07, 6.45) is 2.96. The summed E-state index contributed by atoms with van der Waals surface area (Å²) < 4.78 is 0. The molecule has 14 heavy (non-hydrogen) atoms. The number of H-pyrrole nitrogens is 1. The molecule has 1 aromatic rings. The normalized spacial score (nSPS) is 18.1. The van der Waals surface area contributed by atoms with Gasteiger partial charge in [0.25, 0.3) is 5.56 Å². The summed E-state index contributed by atoms with van der Waals surface area (Å²) >= 11 is 0. The van der Waals surface area contributed by atoms with Gasteiger partial charge in [0.2, 0.25) is 0 Å². The Morgan fingerprint density at radius 3 is 3.00 bits per heavy atom. The Balaban J connectivity index is 2.26. The first kappa shape index (κ1) is 9.40. The number of nitrogens with two attached hydrogens (primary N) is 1. The molecule has 0 spiro atoms. The molecule has 1 aliphatic carbocycles. The van der Waals surface area contributed by atoms with Crippen molar-refractivity contribution in [2.75, 3.05) is 0 Å². The third-order valence-corrected chi connectivity index (χ3v) is 2.32. The quantitative estimate of drug-likeness (QED) is 0.735. The minimum absolute atomic E-state index is 0.0348. The number of nitrogens with zero attached hydrogens (tertiary/aromatic N) is 1. The molecule has 1 heterocycles. The summed E-state index contributed by atoms with van der Waals surface area (Å²) in [6.45, 7) is 1.91. The molecule has 0 aromatic carbocycles. The van der Waals surface area contributed by atoms with Crippen molar-refractivity contribution in [2.24, 2.45) is 5.73 Å². The maximum absolute atomic E-state index is 11.3. The largest absolute Gasteiger partial charge is 0.328 e. The van der Waals surface area contributed by atoms with Crippen LogP contribution in [-0.4, -0.2) is 16.0 Å². The monoisotopic (exact) mass is 193 g/mol. The predicted molar refractivity (Wildman–Crippen MR) is 54.2 cm³/mol. The summed E-state index contributed by atoms with van der Waals surface area (Å²) in [4.78, 5) is 18.4. The third-order valence-electron chi connectivity index (χ3n) is 2.32. The molecular weight excluding hydrogens is 178 g/mol. The molecule has 4 nitrogen and oxygen atoms in total. The fourth-order valence-electron chi connectivity index (χ4n) is 1.52. The highest BCUT2D eigenvalue weighted by atomic mass is 16.1. The van der Waals surface area contributed by atoms with E-state index in [4.69, 9.17) is 5.73 Å². The Kier molecular flexibility index (Phi) is 2.37. The van der Waals surface area contributed by atoms with Gasteiger partial charge in [-0.05, 0) is 19.8 Å². The highest BCUT2D eigenvalue weighted by Crippen LogP contribution is 2.38. The molecule has 3 N–H and O–H groups in total. The Morgan fingerprint density at radius 2 is 2.43 bits per heavy atom. The van der Waals surface area contributed by atoms with E-state index < -0.39 is 0 Å². The van der Waals surface area contributed by atoms with Gasteiger partial charge in [0, 0.05) is 24.4 Å². The van der Waals surface area contributed by atoms with Crippen molar-refractivity contribution in [1.82, 2.24) is 9.97 Å². The molecule has 4 heteroatoms. The zero-order valence-electron chi connectivity index (χ0n) is 8.29. The van der Waals surface area contributed by atoms with Crippen LogP contribution in [0.15, 0.2) is 10.9 Å². The zero-order valence-corrected chi connectivity index (χ0v) is 8.29. The SMILES string of the molecule is CC(N)Cc1nc(C2CC2)cc(=O)[nH]1. The standard InChI is InChI=1S/C10H15N3O/c1-6(11)4-9-12-8(7-2-3-7)5-10(14)13-9/h5-7H,2-4,11H2,1H3,(H,12,13,14). The zero-order chi connectivity index (χ0) is 10.1. The van der Waals surface area contributed by atoms with Crippen molar-refractivity contribution in [3.05, 3.63) is 27.9 Å². The Hall–Kier alpha value is -1.16. The van der Waals surface area contributed by atoms with Crippen LogP contribution in [0.1, 0.15) is 37.2 Å². The van der Waals surface area contributed by atoms with E-state index in [1.165, 1.54) is 0 Å². The number of aromatic nitrogens is 2. The lowest BCUT2D eigenvalue weighted by molar-refractivity contribution is 0.692. The topological polar surface area (TPSA) is 71.8 Å². The smallest absolute Gasteiger partial charge is 0.251 e. The molecule has 1 fully saturated rings. The number of rotatable bonds is 3. The van der Waals surface area contributed by atoms with Crippen LogP contribution in [0.3, 0.4) is 0 Å². The van der Waals surface area contributed by atoms with Gasteiger partial charge in [-0.2, -0.15) is 0 Å². The van der Waals surface area contributed by atoms with Crippen molar-refractivity contribution >= 4 is 0 Å². The predicted octanol–water partition coefficient (Wildman–Crippen LogP) is 0.537. The summed E-state index contributed by atoms with van der Waals surface area (Å²) in [7, 11) is 0. The summed E-state index contributed by atoms with van der Waals surface area (Å²) in [6, 6.07) is 1.63. The highest BCUT2D eigenvalue weighted by Gasteiger charge is 2.25. The molecule has 1 atom stereocenters. The number of aromatic amines is 1. The average molecular weight is 193 g/mol. The van der Waals surface area contributed by atoms with Gasteiger partial charge < -0.3 is 10.7 Å². The number of hydrogen-bond donors (Lipinski definition) is 2. The van der Waals surface area contributed by atoms with Crippen LogP contribution in [0.5, 0.6) is 0 Å². The van der Waals surface area contributed by atoms with Gasteiger partial charge in [-0.25, -0.2) is 4.98 Å². The molecule has 2 rings (SSSR count). The fourth-order valence-corrected chi connectivity index (χ4v) is 1.52. The van der Waals surface area contributed by atoms with Crippen molar-refractivity contribution in [2.45, 2.75) is 38.1 Å². The molecule has 1 aliphatic rings. The number of hydrogen-bond acceptors (Lipinski definition) is 3. The van der Waals surface area contributed by atoms with E-state index in [9.17, 15) is 4.79 Å². The van der Waals surface area contributed by atoms with Crippen molar-refractivity contribution in [3.8, 4) is 0 Å². The minimum Gasteiger partial charge on any atom is -0.328 e. The van der Waals surface area contributed by atoms with Crippen LogP contribution < -0.4 is 11.3 Å². The van der Waals surface area contributed by atoms with Gasteiger partial charge >= 0.3 is 0 Å². The van der Waals surface area contributed by atoms with E-state index in [0.717, 1.165) is 24.4 Å². The fraction of sp³-hybridized carbons (Fsp3) is 0.600. The van der Waals surface area contributed by atoms with Crippen LogP contribution in [0.25, 0.3) is 0 Å². The lowest BCUT2D eigenvalue weighted by atomic mass is 10.2. The summed E-state index contributed by atoms with van der Waals surface area (Å²) in [5, 5.41) is 0. The first-order valence-electron chi connectivity index (χ1n) is 5.01. The van der Waals surface area contributed by atoms with E-state index in [1.54, 1.807) is 6.07 Å². The Labute approximate surface area is 82.6 Å². The van der Waals surface area contributed by atoms with Crippen molar-refractivity contribution in [1.29, 1.82) is 0 Å². The second-order valence-corrected chi connectivity index (χ2v) is 4.07. The first-order valence-corrected chi connectivity index (χ1v) is 5.01. The summed E-state index contributed by atoms with van der Waals surface area (Å²) in [5.74, 6) is 1.23. The van der Waals surface area contributed by atoms with E-state index in [1.807, 2.05) is 6.92 Å². The molecule has 0 saturated heterocycles. The maximum atomic E-state index is 11.3. The lowest BCUT2D eigenvalue weighted by Gasteiger charge is -2.05. The van der Waals surface area contributed by atoms with Gasteiger partial charge in [0.1, 0.15) is 5.82 Å². The molecule has 0 bridgehead atoms. The third kappa shape index (κ3) is 2.20. The van der Waals surface area contributed by atoms with Crippen LogP contribution >= 0.6 is 0 Å². The van der Waals surface area contributed by atoms with Gasteiger partial charge in [-0.15, -0.1) is 0 Å². The first-order chi connectivity index (χ1) is 6.65. The molecular formula is C10H15N3O. The van der Waals surface area contributed by atoms with Gasteiger partial charge in [-0.3, -0.25) is 4.79 Å². The van der Waals surface area contributed by atoms with Gasteiger partial charge in [-0.1, -0.05) is 0 Å². The van der Waals surface area contributed by atoms with Crippen molar-refractivity contribution in [3.63, 3.8) is 0 Å². The maximum Gasteiger partial charge on any atom is 0.251 e. The van der Waals surface area contributed by atoms with Gasteiger partial charge in [0.15, 0.2) is 0 Å². The molecule has 1 saturated carbocycles. The average Bonchev–Trinajstić information content (AvgIpc) is 2.82. The lowest BCUT2D eigenvalue weighted by Crippen LogP contribution is -2.22. The van der Waals surface area contributed by atoms with Gasteiger partial charge in [0.05, 0.1) is 5.69 Å². The van der Waals surface area contributed by atoms with Crippen LogP contribution in [-0.2, 0) is 6.42 Å². The molecule has 0 radical (unpaired) electrons. The molecule has 0 aliphatic heterocycles. The van der Waals surface area contributed by atoms with E-state index in [2.05, 4.69) is 9.97 Å². The Bertz CT molecular complexity index is 379. The van der Waals surface area contributed by atoms with E-state index in [-0.39, 0.29) is 11.6 Å². The van der Waals surface area contributed by atoms with Crippen LogP contribution in [0.4, 0.5) is 0 Å². The molecule has 76 valence electrons. The van der Waals surface area contributed by atoms with E-state index in [0.29, 0.717) is 12.3 Å². The summed E-state index contributed by atoms with van der Waals surface area (Å²) in [5.41, 5.74) is 6.53. The van der Waals surface area contributed by atoms with Crippen LogP contribution in [0.2, 0.25) is 0 Å². The van der Waals surface area contributed by atoms with Crippen LogP contribution in [0, 0.1) is 0 Å². The van der Waals surface area contributed by atoms with Crippen molar-refractivity contribution < 1.29 is 0 Å². The second kappa shape index (κ2) is 3.53. The van der Waals surface area contributed by atoms with E-state index >= 15 is 0 Å².